The molecule has 2 aromatic carbocycles. The summed E-state index contributed by atoms with van der Waals surface area (Å²) in [5.41, 5.74) is 2.04. The Balaban J connectivity index is 1.27. The van der Waals surface area contributed by atoms with E-state index in [1.165, 1.54) is 0 Å². The van der Waals surface area contributed by atoms with E-state index in [9.17, 15) is 4.79 Å². The molecule has 0 atom stereocenters. The topological polar surface area (TPSA) is 94.0 Å². The van der Waals surface area contributed by atoms with Crippen LogP contribution in [0.4, 0.5) is 17.2 Å². The third-order valence-electron chi connectivity index (χ3n) is 5.91. The van der Waals surface area contributed by atoms with Crippen molar-refractivity contribution in [1.29, 1.82) is 0 Å². The fourth-order valence-electron chi connectivity index (χ4n) is 4.08. The van der Waals surface area contributed by atoms with Crippen LogP contribution in [-0.2, 0) is 14.9 Å². The van der Waals surface area contributed by atoms with E-state index in [1.807, 2.05) is 79.0 Å². The number of amides is 1. The summed E-state index contributed by atoms with van der Waals surface area (Å²) in [5.74, 6) is 1.26. The summed E-state index contributed by atoms with van der Waals surface area (Å²) < 4.78 is 7.19. The zero-order chi connectivity index (χ0) is 22.5. The van der Waals surface area contributed by atoms with E-state index in [0.717, 1.165) is 16.9 Å². The predicted octanol–water partition coefficient (Wildman–Crippen LogP) is 4.09. The minimum atomic E-state index is -0.581. The first-order valence-electron chi connectivity index (χ1n) is 10.9. The summed E-state index contributed by atoms with van der Waals surface area (Å²) >= 11 is 0. The molecule has 4 aromatic rings. The second kappa shape index (κ2) is 9.22. The third kappa shape index (κ3) is 4.47. The number of hydrogen-bond acceptors (Lipinski definition) is 6. The molecule has 166 valence electrons. The van der Waals surface area contributed by atoms with Crippen LogP contribution in [0, 0.1) is 0 Å². The van der Waals surface area contributed by atoms with Gasteiger partial charge in [-0.25, -0.2) is 4.68 Å². The van der Waals surface area contributed by atoms with Crippen molar-refractivity contribution in [2.75, 3.05) is 23.8 Å². The van der Waals surface area contributed by atoms with Crippen LogP contribution in [0.25, 0.3) is 5.82 Å². The maximum atomic E-state index is 13.4. The number of ether oxygens (including phenoxy) is 1. The number of carbonyl (C=O) groups is 1. The molecule has 33 heavy (non-hydrogen) atoms. The van der Waals surface area contributed by atoms with Gasteiger partial charge >= 0.3 is 0 Å². The summed E-state index contributed by atoms with van der Waals surface area (Å²) in [6.07, 6.45) is 4.83. The molecule has 0 unspecified atom stereocenters. The fraction of sp³-hybridized carbons (Fsp3) is 0.200. The summed E-state index contributed by atoms with van der Waals surface area (Å²) in [7, 11) is 0. The number of nitrogens with zero attached hydrogens (tertiary/aromatic N) is 4. The second-order valence-corrected chi connectivity index (χ2v) is 7.94. The van der Waals surface area contributed by atoms with Crippen LogP contribution in [0.2, 0.25) is 0 Å². The van der Waals surface area contributed by atoms with Gasteiger partial charge in [-0.05, 0) is 60.9 Å². The smallest absolute Gasteiger partial charge is 0.235 e. The predicted molar refractivity (Wildman–Crippen MR) is 126 cm³/mol. The minimum absolute atomic E-state index is 0.00205. The molecule has 8 heteroatoms. The van der Waals surface area contributed by atoms with Gasteiger partial charge in [0.05, 0.1) is 5.41 Å². The average molecular weight is 441 g/mol. The van der Waals surface area contributed by atoms with E-state index < -0.39 is 5.41 Å². The number of anilines is 3. The fourth-order valence-corrected chi connectivity index (χ4v) is 4.08. The van der Waals surface area contributed by atoms with Gasteiger partial charge in [0.15, 0.2) is 11.6 Å². The highest BCUT2D eigenvalue weighted by atomic mass is 16.5. The molecule has 0 spiro atoms. The number of hydrogen-bond donors (Lipinski definition) is 2. The summed E-state index contributed by atoms with van der Waals surface area (Å²) in [4.78, 5) is 13.4. The average Bonchev–Trinajstić information content (AvgIpc) is 3.42. The van der Waals surface area contributed by atoms with Gasteiger partial charge in [-0.2, -0.15) is 5.10 Å². The first-order chi connectivity index (χ1) is 16.2. The molecular formula is C25H24N6O2. The van der Waals surface area contributed by atoms with E-state index in [4.69, 9.17) is 4.74 Å². The Morgan fingerprint density at radius 1 is 0.879 bits per heavy atom. The lowest BCUT2D eigenvalue weighted by Crippen LogP contribution is -2.44. The van der Waals surface area contributed by atoms with E-state index >= 15 is 0 Å². The van der Waals surface area contributed by atoms with Crippen molar-refractivity contribution in [3.05, 3.63) is 90.8 Å². The molecule has 1 aliphatic heterocycles. The van der Waals surface area contributed by atoms with Crippen LogP contribution in [0.15, 0.2) is 85.2 Å². The first kappa shape index (κ1) is 20.8. The van der Waals surface area contributed by atoms with Crippen molar-refractivity contribution < 1.29 is 9.53 Å². The molecule has 0 saturated carbocycles. The highest BCUT2D eigenvalue weighted by molar-refractivity contribution is 5.99. The van der Waals surface area contributed by atoms with Gasteiger partial charge in [0.1, 0.15) is 0 Å². The first-order valence-corrected chi connectivity index (χ1v) is 10.9. The largest absolute Gasteiger partial charge is 0.381 e. The SMILES string of the molecule is O=C(Nc1ccc(Nc2ccc(-n3cccn3)nn2)cc1)C1(c2ccccc2)CCOCC1. The van der Waals surface area contributed by atoms with Crippen molar-refractivity contribution >= 4 is 23.1 Å². The Morgan fingerprint density at radius 2 is 1.64 bits per heavy atom. The Hall–Kier alpha value is -4.04. The molecular weight excluding hydrogens is 416 g/mol. The lowest BCUT2D eigenvalue weighted by molar-refractivity contribution is -0.125. The summed E-state index contributed by atoms with van der Waals surface area (Å²) in [5, 5.41) is 18.9. The van der Waals surface area contributed by atoms with Gasteiger partial charge in [-0.15, -0.1) is 10.2 Å². The number of carbonyl (C=O) groups excluding carboxylic acids is 1. The maximum absolute atomic E-state index is 13.4. The molecule has 2 N–H and O–H groups in total. The highest BCUT2D eigenvalue weighted by Crippen LogP contribution is 2.36. The Labute approximate surface area is 191 Å². The Morgan fingerprint density at radius 3 is 2.30 bits per heavy atom. The number of benzene rings is 2. The zero-order valence-electron chi connectivity index (χ0n) is 18.0. The zero-order valence-corrected chi connectivity index (χ0v) is 18.0. The van der Waals surface area contributed by atoms with E-state index in [0.29, 0.717) is 37.7 Å². The van der Waals surface area contributed by atoms with Crippen molar-refractivity contribution in [2.45, 2.75) is 18.3 Å². The van der Waals surface area contributed by atoms with Crippen LogP contribution >= 0.6 is 0 Å². The molecule has 1 fully saturated rings. The summed E-state index contributed by atoms with van der Waals surface area (Å²) in [6, 6.07) is 23.0. The van der Waals surface area contributed by atoms with Gasteiger partial charge in [-0.1, -0.05) is 30.3 Å². The highest BCUT2D eigenvalue weighted by Gasteiger charge is 2.41. The molecule has 3 heterocycles. The van der Waals surface area contributed by atoms with Crippen molar-refractivity contribution in [2.24, 2.45) is 0 Å². The van der Waals surface area contributed by atoms with E-state index in [-0.39, 0.29) is 5.91 Å². The molecule has 0 bridgehead atoms. The Bertz CT molecular complexity index is 1190. The van der Waals surface area contributed by atoms with Crippen LogP contribution in [0.3, 0.4) is 0 Å². The molecule has 1 aliphatic rings. The van der Waals surface area contributed by atoms with Gasteiger partial charge < -0.3 is 15.4 Å². The molecule has 0 aliphatic carbocycles. The molecule has 1 saturated heterocycles. The maximum Gasteiger partial charge on any atom is 0.235 e. The van der Waals surface area contributed by atoms with Gasteiger partial charge in [-0.3, -0.25) is 4.79 Å². The van der Waals surface area contributed by atoms with Gasteiger partial charge in [0.25, 0.3) is 0 Å². The van der Waals surface area contributed by atoms with Crippen LogP contribution in [0.1, 0.15) is 18.4 Å². The van der Waals surface area contributed by atoms with Gasteiger partial charge in [0.2, 0.25) is 5.91 Å². The van der Waals surface area contributed by atoms with E-state index in [1.54, 1.807) is 10.9 Å². The van der Waals surface area contributed by atoms with E-state index in [2.05, 4.69) is 25.9 Å². The number of nitrogens with one attached hydrogen (secondary N) is 2. The minimum Gasteiger partial charge on any atom is -0.381 e. The lowest BCUT2D eigenvalue weighted by atomic mass is 9.73. The van der Waals surface area contributed by atoms with Gasteiger partial charge in [0, 0.05) is 37.0 Å². The number of rotatable bonds is 6. The molecule has 5 rings (SSSR count). The molecule has 2 aromatic heterocycles. The normalized spacial score (nSPS) is 15.0. The lowest BCUT2D eigenvalue weighted by Gasteiger charge is -2.36. The molecule has 8 nitrogen and oxygen atoms in total. The molecule has 1 amide bonds. The number of aromatic nitrogens is 4. The van der Waals surface area contributed by atoms with Crippen LogP contribution < -0.4 is 10.6 Å². The van der Waals surface area contributed by atoms with Crippen LogP contribution in [0.5, 0.6) is 0 Å². The second-order valence-electron chi connectivity index (χ2n) is 7.94. The van der Waals surface area contributed by atoms with Crippen molar-refractivity contribution in [3.8, 4) is 5.82 Å². The standard InChI is InChI=1S/C25H24N6O2/c32-24(25(13-17-33-18-14-25)19-5-2-1-3-6-19)28-21-9-7-20(8-10-21)27-22-11-12-23(30-29-22)31-16-4-15-26-31/h1-12,15-16H,13-14,17-18H2,(H,27,29)(H,28,32). The Kier molecular flexibility index (Phi) is 5.82. The van der Waals surface area contributed by atoms with Crippen molar-refractivity contribution in [3.63, 3.8) is 0 Å². The summed E-state index contributed by atoms with van der Waals surface area (Å²) in [6.45, 7) is 1.15. The quantitative estimate of drug-likeness (QED) is 0.469. The molecule has 0 radical (unpaired) electrons. The monoisotopic (exact) mass is 440 g/mol. The third-order valence-corrected chi connectivity index (χ3v) is 5.91. The van der Waals surface area contributed by atoms with Crippen molar-refractivity contribution in [1.82, 2.24) is 20.0 Å². The van der Waals surface area contributed by atoms with Crippen LogP contribution in [-0.4, -0.2) is 39.1 Å².